The molecule has 3 heterocycles. The highest BCUT2D eigenvalue weighted by Crippen LogP contribution is 2.35. The zero-order valence-corrected chi connectivity index (χ0v) is 20.1. The van der Waals surface area contributed by atoms with E-state index < -0.39 is 10.0 Å². The Hall–Kier alpha value is -2.68. The maximum absolute atomic E-state index is 13.6. The van der Waals surface area contributed by atoms with Crippen LogP contribution < -0.4 is 0 Å². The van der Waals surface area contributed by atoms with Gasteiger partial charge in [-0.25, -0.2) is 12.4 Å². The Morgan fingerprint density at radius 2 is 1.73 bits per heavy atom. The van der Waals surface area contributed by atoms with Crippen molar-refractivity contribution in [3.63, 3.8) is 0 Å². The molecule has 1 aliphatic carbocycles. The number of benzene rings is 1. The Kier molecular flexibility index (Phi) is 5.99. The summed E-state index contributed by atoms with van der Waals surface area (Å²) >= 11 is 0. The van der Waals surface area contributed by atoms with Crippen LogP contribution in [0.2, 0.25) is 0 Å². The highest BCUT2D eigenvalue weighted by atomic mass is 32.2. The Morgan fingerprint density at radius 1 is 0.970 bits per heavy atom. The number of allylic oxidation sites excluding steroid dienone is 1. The van der Waals surface area contributed by atoms with Crippen molar-refractivity contribution < 1.29 is 8.42 Å². The van der Waals surface area contributed by atoms with Crippen molar-refractivity contribution in [1.82, 2.24) is 23.6 Å². The van der Waals surface area contributed by atoms with Gasteiger partial charge < -0.3 is 4.90 Å². The molecule has 1 aliphatic heterocycles. The van der Waals surface area contributed by atoms with Crippen molar-refractivity contribution in [2.45, 2.75) is 30.2 Å². The van der Waals surface area contributed by atoms with E-state index in [2.05, 4.69) is 28.0 Å². The number of hydrogen-bond acceptors (Lipinski definition) is 5. The van der Waals surface area contributed by atoms with Crippen molar-refractivity contribution in [3.8, 4) is 11.1 Å². The molecule has 0 radical (unpaired) electrons. The molecule has 1 saturated heterocycles. The second-order valence-corrected chi connectivity index (χ2v) is 10.9. The second-order valence-electron chi connectivity index (χ2n) is 9.13. The Bertz CT molecular complexity index is 1250. The normalized spacial score (nSPS) is 20.7. The van der Waals surface area contributed by atoms with Crippen LogP contribution in [0.3, 0.4) is 0 Å². The Labute approximate surface area is 196 Å². The lowest BCUT2D eigenvalue weighted by Crippen LogP contribution is -2.49. The summed E-state index contributed by atoms with van der Waals surface area (Å²) in [5, 5.41) is 4.27. The summed E-state index contributed by atoms with van der Waals surface area (Å²) in [6.07, 6.45) is 10.6. The van der Waals surface area contributed by atoms with Gasteiger partial charge in [0, 0.05) is 62.8 Å². The van der Waals surface area contributed by atoms with Crippen molar-refractivity contribution in [3.05, 3.63) is 66.8 Å². The third kappa shape index (κ3) is 4.43. The van der Waals surface area contributed by atoms with Gasteiger partial charge in [0.25, 0.3) is 10.0 Å². The molecule has 1 aromatic carbocycles. The molecule has 0 saturated carbocycles. The van der Waals surface area contributed by atoms with E-state index in [1.807, 2.05) is 25.4 Å². The van der Waals surface area contributed by atoms with Gasteiger partial charge in [0.1, 0.15) is 0 Å². The largest absolute Gasteiger partial charge is 0.304 e. The summed E-state index contributed by atoms with van der Waals surface area (Å²) in [5.74, 6) is 0. The predicted octanol–water partition coefficient (Wildman–Crippen LogP) is 3.31. The molecule has 0 amide bonds. The molecule has 0 N–H and O–H groups in total. The summed E-state index contributed by atoms with van der Waals surface area (Å²) in [6, 6.07) is 11.2. The average Bonchev–Trinajstić information content (AvgIpc) is 3.47. The van der Waals surface area contributed by atoms with E-state index in [0.29, 0.717) is 10.9 Å². The highest BCUT2D eigenvalue weighted by molar-refractivity contribution is 7.90. The summed E-state index contributed by atoms with van der Waals surface area (Å²) in [7, 11) is 0.337. The van der Waals surface area contributed by atoms with E-state index in [4.69, 9.17) is 0 Å². The van der Waals surface area contributed by atoms with Gasteiger partial charge in [-0.2, -0.15) is 5.10 Å². The van der Waals surface area contributed by atoms with Crippen LogP contribution in [0.15, 0.2) is 66.0 Å². The SMILES string of the molecule is CN1CCN(C2CC=C(c3cc(-c4cnn(C)c4)cn3S(=O)(=O)c3ccccc3)CC2)CC1. The summed E-state index contributed by atoms with van der Waals surface area (Å²) in [4.78, 5) is 5.27. The third-order valence-corrected chi connectivity index (χ3v) is 8.58. The van der Waals surface area contributed by atoms with Gasteiger partial charge in [0.2, 0.25) is 0 Å². The lowest BCUT2D eigenvalue weighted by molar-refractivity contribution is 0.107. The molecule has 0 bridgehead atoms. The Morgan fingerprint density at radius 3 is 2.36 bits per heavy atom. The molecule has 3 aromatic rings. The predicted molar refractivity (Wildman–Crippen MR) is 130 cm³/mol. The molecule has 1 unspecified atom stereocenters. The summed E-state index contributed by atoms with van der Waals surface area (Å²) in [5.41, 5.74) is 3.64. The Balaban J connectivity index is 1.49. The quantitative estimate of drug-likeness (QED) is 0.579. The fourth-order valence-electron chi connectivity index (χ4n) is 4.88. The number of piperazine rings is 1. The molecular formula is C25H31N5O2S. The highest BCUT2D eigenvalue weighted by Gasteiger charge is 2.28. The molecule has 7 nitrogen and oxygen atoms in total. The van der Waals surface area contributed by atoms with Gasteiger partial charge >= 0.3 is 0 Å². The van der Waals surface area contributed by atoms with E-state index in [-0.39, 0.29) is 0 Å². The third-order valence-electron chi connectivity index (χ3n) is 6.89. The van der Waals surface area contributed by atoms with Crippen LogP contribution in [-0.2, 0) is 17.1 Å². The zero-order chi connectivity index (χ0) is 23.0. The van der Waals surface area contributed by atoms with E-state index in [0.717, 1.165) is 67.8 Å². The van der Waals surface area contributed by atoms with Gasteiger partial charge in [0.05, 0.1) is 16.8 Å². The first-order chi connectivity index (χ1) is 15.9. The van der Waals surface area contributed by atoms with E-state index in [1.165, 1.54) is 3.97 Å². The molecule has 1 atom stereocenters. The molecule has 0 spiro atoms. The summed E-state index contributed by atoms with van der Waals surface area (Å²) in [6.45, 7) is 4.43. The standard InChI is InChI=1S/C25H31N5O2S/c1-27-12-14-29(15-13-27)23-10-8-20(9-11-23)25-16-21(22-17-26-28(2)18-22)19-30(25)33(31,32)24-6-4-3-5-7-24/h3-8,16-19,23H,9-15H2,1-2H3. The van der Waals surface area contributed by atoms with Crippen molar-refractivity contribution in [1.29, 1.82) is 0 Å². The van der Waals surface area contributed by atoms with E-state index in [9.17, 15) is 8.42 Å². The second kappa shape index (κ2) is 8.93. The van der Waals surface area contributed by atoms with E-state index in [1.54, 1.807) is 41.3 Å². The molecule has 33 heavy (non-hydrogen) atoms. The molecule has 174 valence electrons. The molecular weight excluding hydrogens is 434 g/mol. The number of nitrogens with zero attached hydrogens (tertiary/aromatic N) is 5. The van der Waals surface area contributed by atoms with E-state index >= 15 is 0 Å². The maximum atomic E-state index is 13.6. The van der Waals surface area contributed by atoms with Crippen molar-refractivity contribution >= 4 is 15.6 Å². The fraction of sp³-hybridized carbons (Fsp3) is 0.400. The summed E-state index contributed by atoms with van der Waals surface area (Å²) < 4.78 is 30.4. The number of rotatable bonds is 5. The molecule has 8 heteroatoms. The number of likely N-dealkylation sites (N-methyl/N-ethyl adjacent to an activating group) is 1. The topological polar surface area (TPSA) is 63.4 Å². The van der Waals surface area contributed by atoms with Crippen molar-refractivity contribution in [2.24, 2.45) is 7.05 Å². The number of hydrogen-bond donors (Lipinski definition) is 0. The molecule has 2 aliphatic rings. The first kappa shape index (κ1) is 22.1. The number of aryl methyl sites for hydroxylation is 1. The molecule has 5 rings (SSSR count). The van der Waals surface area contributed by atoms with Crippen LogP contribution in [0.4, 0.5) is 0 Å². The van der Waals surface area contributed by atoms with Crippen LogP contribution in [0.5, 0.6) is 0 Å². The van der Waals surface area contributed by atoms with Gasteiger partial charge in [0.15, 0.2) is 0 Å². The van der Waals surface area contributed by atoms with Gasteiger partial charge in [-0.3, -0.25) is 9.58 Å². The minimum absolute atomic E-state index is 0.298. The van der Waals surface area contributed by atoms with Crippen LogP contribution in [-0.4, -0.2) is 71.2 Å². The first-order valence-electron chi connectivity index (χ1n) is 11.6. The minimum atomic E-state index is -3.71. The van der Waals surface area contributed by atoms with Gasteiger partial charge in [-0.1, -0.05) is 24.3 Å². The van der Waals surface area contributed by atoms with Gasteiger partial charge in [-0.05, 0) is 50.1 Å². The lowest BCUT2D eigenvalue weighted by atomic mass is 9.92. The fourth-order valence-corrected chi connectivity index (χ4v) is 6.29. The van der Waals surface area contributed by atoms with Crippen molar-refractivity contribution in [2.75, 3.05) is 33.2 Å². The van der Waals surface area contributed by atoms with Crippen LogP contribution in [0.1, 0.15) is 25.0 Å². The van der Waals surface area contributed by atoms with Crippen LogP contribution in [0, 0.1) is 0 Å². The van der Waals surface area contributed by atoms with Crippen LogP contribution >= 0.6 is 0 Å². The van der Waals surface area contributed by atoms with Crippen LogP contribution in [0.25, 0.3) is 16.7 Å². The lowest BCUT2D eigenvalue weighted by Gasteiger charge is -2.39. The van der Waals surface area contributed by atoms with Gasteiger partial charge in [-0.15, -0.1) is 0 Å². The zero-order valence-electron chi connectivity index (χ0n) is 19.3. The first-order valence-corrected chi connectivity index (χ1v) is 13.0. The monoisotopic (exact) mass is 465 g/mol. The smallest absolute Gasteiger partial charge is 0.268 e. The molecule has 2 aromatic heterocycles. The maximum Gasteiger partial charge on any atom is 0.268 e. The number of aromatic nitrogens is 3. The minimum Gasteiger partial charge on any atom is -0.304 e. The average molecular weight is 466 g/mol. The molecule has 1 fully saturated rings.